The molecule has 0 atom stereocenters. The lowest BCUT2D eigenvalue weighted by atomic mass is 9.74. The van der Waals surface area contributed by atoms with Crippen LogP contribution in [0.2, 0.25) is 0 Å². The second-order valence-corrected chi connectivity index (χ2v) is 10.9. The summed E-state index contributed by atoms with van der Waals surface area (Å²) in [6.07, 6.45) is 0. The average Bonchev–Trinajstić information content (AvgIpc) is 3.27. The van der Waals surface area contributed by atoms with Crippen LogP contribution in [-0.2, 0) is 5.54 Å². The van der Waals surface area contributed by atoms with Gasteiger partial charge in [0.1, 0.15) is 17.0 Å². The maximum Gasteiger partial charge on any atom is 0.261 e. The molecule has 0 radical (unpaired) electrons. The number of nitrogens with zero attached hydrogens (tertiary/aromatic N) is 3. The maximum atomic E-state index is 14.4. The molecule has 0 bridgehead atoms. The first-order chi connectivity index (χ1) is 20.5. The summed E-state index contributed by atoms with van der Waals surface area (Å²) in [4.78, 5) is 20.8. The van der Waals surface area contributed by atoms with Crippen LogP contribution in [0.4, 0.5) is 17.1 Å². The third-order valence-electron chi connectivity index (χ3n) is 8.50. The Morgan fingerprint density at radius 1 is 0.738 bits per heavy atom. The fourth-order valence-electron chi connectivity index (χ4n) is 6.48. The van der Waals surface area contributed by atoms with Crippen molar-refractivity contribution in [2.24, 2.45) is 0 Å². The van der Waals surface area contributed by atoms with E-state index in [9.17, 15) is 4.79 Å². The minimum Gasteiger partial charge on any atom is -0.456 e. The van der Waals surface area contributed by atoms with E-state index in [2.05, 4.69) is 79.2 Å². The molecule has 1 N–H and O–H groups in total. The zero-order chi connectivity index (χ0) is 29.4. The topological polar surface area (TPSA) is 48.1 Å². The Morgan fingerprint density at radius 2 is 1.26 bits per heavy atom. The van der Waals surface area contributed by atoms with Crippen LogP contribution in [0.1, 0.15) is 54.7 Å². The summed E-state index contributed by atoms with van der Waals surface area (Å²) in [5, 5.41) is 3.69. The van der Waals surface area contributed by atoms with Crippen molar-refractivity contribution in [2.75, 3.05) is 41.3 Å². The van der Waals surface area contributed by atoms with Crippen molar-refractivity contribution in [2.45, 2.75) is 33.2 Å². The van der Waals surface area contributed by atoms with Gasteiger partial charge in [0.25, 0.3) is 5.91 Å². The summed E-state index contributed by atoms with van der Waals surface area (Å²) >= 11 is 6.08. The molecule has 4 aromatic rings. The van der Waals surface area contributed by atoms with Gasteiger partial charge < -0.3 is 19.9 Å². The number of nitrogens with one attached hydrogen (secondary N) is 1. The first-order valence-electron chi connectivity index (χ1n) is 14.7. The highest BCUT2D eigenvalue weighted by Crippen LogP contribution is 2.58. The number of rotatable bonds is 7. The fourth-order valence-corrected chi connectivity index (χ4v) is 6.82. The number of benzene rings is 4. The van der Waals surface area contributed by atoms with Crippen LogP contribution in [0.5, 0.6) is 11.5 Å². The highest BCUT2D eigenvalue weighted by Gasteiger charge is 2.58. The summed E-state index contributed by atoms with van der Waals surface area (Å²) in [6.45, 7) is 12.1. The monoisotopic (exact) mass is 576 g/mol. The van der Waals surface area contributed by atoms with E-state index in [1.165, 1.54) is 0 Å². The van der Waals surface area contributed by atoms with Crippen LogP contribution in [0.25, 0.3) is 0 Å². The smallest absolute Gasteiger partial charge is 0.261 e. The number of hydrogen-bond donors (Lipinski definition) is 1. The van der Waals surface area contributed by atoms with Gasteiger partial charge in [-0.2, -0.15) is 0 Å². The summed E-state index contributed by atoms with van der Waals surface area (Å²) in [7, 11) is 0. The van der Waals surface area contributed by atoms with Gasteiger partial charge >= 0.3 is 0 Å². The standard InChI is InChI=1S/C35H36N4O2S/c1-5-37(6-2)25-18-20-29-31(22-25)41-32-23-26(38(7-3)8-4)19-21-30(32)35(29)28-17-13-12-16-27(28)33(40)39(35)34(42)36-24-14-10-9-11-15-24/h9-23H,5-8H2,1-4H3,(H,36,42). The van der Waals surface area contributed by atoms with E-state index in [0.29, 0.717) is 10.7 Å². The Labute approximate surface area is 253 Å². The van der Waals surface area contributed by atoms with Crippen molar-refractivity contribution >= 4 is 40.3 Å². The molecule has 2 aliphatic rings. The largest absolute Gasteiger partial charge is 0.456 e. The van der Waals surface area contributed by atoms with Crippen molar-refractivity contribution in [3.8, 4) is 11.5 Å². The average molecular weight is 577 g/mol. The van der Waals surface area contributed by atoms with Gasteiger partial charge in [0, 0.05) is 77.6 Å². The molecule has 0 fully saturated rings. The van der Waals surface area contributed by atoms with E-state index in [1.807, 2.05) is 54.6 Å². The Bertz CT molecular complexity index is 1580. The van der Waals surface area contributed by atoms with Crippen LogP contribution >= 0.6 is 12.2 Å². The number of para-hydroxylation sites is 1. The minimum absolute atomic E-state index is 0.140. The van der Waals surface area contributed by atoms with Crippen LogP contribution in [-0.4, -0.2) is 42.1 Å². The van der Waals surface area contributed by atoms with E-state index in [1.54, 1.807) is 4.90 Å². The van der Waals surface area contributed by atoms with Crippen LogP contribution in [0, 0.1) is 0 Å². The van der Waals surface area contributed by atoms with E-state index in [4.69, 9.17) is 17.0 Å². The molecule has 0 saturated carbocycles. The minimum atomic E-state index is -1.01. The summed E-state index contributed by atoms with van der Waals surface area (Å²) in [5.74, 6) is 1.31. The molecular formula is C35H36N4O2S. The predicted octanol–water partition coefficient (Wildman–Crippen LogP) is 7.63. The van der Waals surface area contributed by atoms with Crippen molar-refractivity contribution in [3.63, 3.8) is 0 Å². The van der Waals surface area contributed by atoms with E-state index < -0.39 is 5.54 Å². The van der Waals surface area contributed by atoms with E-state index >= 15 is 0 Å². The number of carbonyl (C=O) groups is 1. The Hall–Kier alpha value is -4.36. The van der Waals surface area contributed by atoms with E-state index in [-0.39, 0.29) is 5.91 Å². The molecule has 0 aromatic heterocycles. The molecule has 1 spiro atoms. The normalized spacial score (nSPS) is 14.1. The van der Waals surface area contributed by atoms with Gasteiger partial charge in [-0.05, 0) is 70.2 Å². The lowest BCUT2D eigenvalue weighted by molar-refractivity contribution is 0.0808. The summed E-state index contributed by atoms with van der Waals surface area (Å²) in [6, 6.07) is 30.3. The van der Waals surface area contributed by atoms with Gasteiger partial charge in [-0.25, -0.2) is 0 Å². The molecule has 2 heterocycles. The lowest BCUT2D eigenvalue weighted by Gasteiger charge is -2.44. The molecular weight excluding hydrogens is 540 g/mol. The number of fused-ring (bicyclic) bond motifs is 6. The van der Waals surface area contributed by atoms with Gasteiger partial charge in [-0.15, -0.1) is 0 Å². The second-order valence-electron chi connectivity index (χ2n) is 10.5. The quantitative estimate of drug-likeness (QED) is 0.228. The lowest BCUT2D eigenvalue weighted by Crippen LogP contribution is -2.51. The molecule has 6 nitrogen and oxygen atoms in total. The van der Waals surface area contributed by atoms with Crippen molar-refractivity contribution < 1.29 is 9.53 Å². The molecule has 214 valence electrons. The third kappa shape index (κ3) is 4.22. The SMILES string of the molecule is CCN(CC)c1ccc2c(c1)Oc1cc(N(CC)CC)ccc1C21c2ccccc2C(=O)N1C(=S)Nc1ccccc1. The van der Waals surface area contributed by atoms with Crippen molar-refractivity contribution in [3.05, 3.63) is 113 Å². The predicted molar refractivity (Wildman–Crippen MR) is 175 cm³/mol. The number of amides is 1. The molecule has 0 saturated heterocycles. The Morgan fingerprint density at radius 3 is 1.81 bits per heavy atom. The molecule has 0 aliphatic carbocycles. The number of ether oxygens (including phenoxy) is 1. The van der Waals surface area contributed by atoms with E-state index in [0.717, 1.165) is 71.4 Å². The summed E-state index contributed by atoms with van der Waals surface area (Å²) < 4.78 is 6.77. The van der Waals surface area contributed by atoms with Crippen molar-refractivity contribution in [1.29, 1.82) is 0 Å². The fraction of sp³-hybridized carbons (Fsp3) is 0.257. The maximum absolute atomic E-state index is 14.4. The zero-order valence-electron chi connectivity index (χ0n) is 24.6. The van der Waals surface area contributed by atoms with Gasteiger partial charge in [0.15, 0.2) is 5.11 Å². The Kier molecular flexibility index (Phi) is 7.37. The van der Waals surface area contributed by atoms with Gasteiger partial charge in [-0.3, -0.25) is 9.69 Å². The molecule has 6 rings (SSSR count). The first kappa shape index (κ1) is 27.8. The third-order valence-corrected chi connectivity index (χ3v) is 8.79. The second kappa shape index (κ2) is 11.1. The summed E-state index contributed by atoms with van der Waals surface area (Å²) in [5.41, 5.74) is 5.26. The molecule has 1 amide bonds. The number of hydrogen-bond acceptors (Lipinski definition) is 5. The molecule has 4 aromatic carbocycles. The first-order valence-corrected chi connectivity index (χ1v) is 15.2. The highest BCUT2D eigenvalue weighted by molar-refractivity contribution is 7.80. The Balaban J connectivity index is 1.64. The van der Waals surface area contributed by atoms with Crippen LogP contribution < -0.4 is 19.9 Å². The number of carbonyl (C=O) groups excluding carboxylic acids is 1. The zero-order valence-corrected chi connectivity index (χ0v) is 25.4. The van der Waals surface area contributed by atoms with Crippen LogP contribution in [0.3, 0.4) is 0 Å². The van der Waals surface area contributed by atoms with Gasteiger partial charge in [0.05, 0.1) is 0 Å². The molecule has 42 heavy (non-hydrogen) atoms. The number of anilines is 3. The van der Waals surface area contributed by atoms with Gasteiger partial charge in [-0.1, -0.05) is 48.5 Å². The van der Waals surface area contributed by atoms with Crippen LogP contribution in [0.15, 0.2) is 91.0 Å². The van der Waals surface area contributed by atoms with Gasteiger partial charge in [0.2, 0.25) is 0 Å². The molecule has 7 heteroatoms. The molecule has 2 aliphatic heterocycles. The number of thiocarbonyl (C=S) groups is 1. The van der Waals surface area contributed by atoms with Crippen molar-refractivity contribution in [1.82, 2.24) is 4.90 Å². The highest BCUT2D eigenvalue weighted by atomic mass is 32.1. The molecule has 0 unspecified atom stereocenters.